The first-order valence-electron chi connectivity index (χ1n) is 28.6. The van der Waals surface area contributed by atoms with Crippen LogP contribution in [-0.2, 0) is 52.2 Å². The minimum Gasteiger partial charge on any atom is -0.458 e. The summed E-state index contributed by atoms with van der Waals surface area (Å²) in [6, 6.07) is 17.5. The minimum absolute atomic E-state index is 0.0639. The molecule has 2 aromatic carbocycles. The number of halogens is 1. The molecular formula is C60H87BrO13SSi. The van der Waals surface area contributed by atoms with E-state index in [9.17, 15) is 9.90 Å². The molecule has 13 nitrogen and oxygen atoms in total. The monoisotopic (exact) mass is 1150 g/mol. The maximum absolute atomic E-state index is 15.4. The second-order valence-corrected chi connectivity index (χ2v) is 33.1. The Morgan fingerprint density at radius 1 is 0.882 bits per heavy atom. The van der Waals surface area contributed by atoms with Crippen LogP contribution >= 0.6 is 15.9 Å². The van der Waals surface area contributed by atoms with Crippen molar-refractivity contribution in [2.75, 3.05) is 6.61 Å². The van der Waals surface area contributed by atoms with Crippen molar-refractivity contribution in [3.63, 3.8) is 0 Å². The van der Waals surface area contributed by atoms with Crippen LogP contribution in [-0.4, -0.2) is 131 Å². The van der Waals surface area contributed by atoms with Crippen molar-refractivity contribution in [3.05, 3.63) is 89.4 Å². The molecule has 76 heavy (non-hydrogen) atoms. The normalized spacial score (nSPS) is 35.8. The van der Waals surface area contributed by atoms with Gasteiger partial charge in [0.15, 0.2) is 23.9 Å². The number of aliphatic hydroxyl groups excluding tert-OH is 1. The van der Waals surface area contributed by atoms with Gasteiger partial charge in [-0.05, 0) is 109 Å². The summed E-state index contributed by atoms with van der Waals surface area (Å²) in [5.74, 6) is -1.61. The van der Waals surface area contributed by atoms with Crippen LogP contribution < -0.4 is 0 Å². The predicted octanol–water partition coefficient (Wildman–Crippen LogP) is 11.6. The third-order valence-electron chi connectivity index (χ3n) is 18.3. The third kappa shape index (κ3) is 12.9. The summed E-state index contributed by atoms with van der Waals surface area (Å²) in [7, 11) is -6.17. The number of esters is 1. The Labute approximate surface area is 463 Å². The molecule has 8 heterocycles. The lowest BCUT2D eigenvalue weighted by molar-refractivity contribution is -0.293. The van der Waals surface area contributed by atoms with Crippen LogP contribution in [0.25, 0.3) is 0 Å². The Kier molecular flexibility index (Phi) is 18.4. The second-order valence-electron chi connectivity index (χ2n) is 25.1. The highest BCUT2D eigenvalue weighted by atomic mass is 79.9. The SMILES string of the molecule is C=C(Br)C[C@@H](CC[C@@]12CC3O[C@H]4C(O1)[C@H]1O[C@@H](CC(O)C(C5C[C@@H](C[C@H](C)CO[Si](C)(C)C(C)(C)C)O[C@H]5CC5O[C@@H](CCCC)C[C@@H](C)C5=C)S(=O)(=O)c5ccccc5)CC[C@@H]1O[C@H]4[C@H]3O2)OC(=O)c1ccccc1. The number of benzene rings is 2. The molecule has 8 fully saturated rings. The van der Waals surface area contributed by atoms with Gasteiger partial charge >= 0.3 is 5.97 Å². The summed E-state index contributed by atoms with van der Waals surface area (Å²) in [6.07, 6.45) is 2.53. The van der Waals surface area contributed by atoms with Crippen molar-refractivity contribution in [1.29, 1.82) is 0 Å². The molecule has 0 aromatic heterocycles. The van der Waals surface area contributed by atoms with Gasteiger partial charge in [-0.1, -0.05) is 120 Å². The summed E-state index contributed by atoms with van der Waals surface area (Å²) in [5, 5.41) is 11.7. The Hall–Kier alpha value is -2.32. The van der Waals surface area contributed by atoms with Crippen LogP contribution in [0, 0.1) is 17.8 Å². The fourth-order valence-corrected chi connectivity index (χ4v) is 16.7. The highest BCUT2D eigenvalue weighted by Gasteiger charge is 2.69. The molecule has 8 saturated heterocycles. The number of hydrogen-bond acceptors (Lipinski definition) is 13. The topological polar surface area (TPSA) is 155 Å². The Morgan fingerprint density at radius 2 is 1.57 bits per heavy atom. The number of carbonyl (C=O) groups is 1. The van der Waals surface area contributed by atoms with Gasteiger partial charge in [0, 0.05) is 44.6 Å². The smallest absolute Gasteiger partial charge is 0.338 e. The van der Waals surface area contributed by atoms with E-state index >= 15 is 8.42 Å². The van der Waals surface area contributed by atoms with Gasteiger partial charge in [0.1, 0.15) is 36.6 Å². The third-order valence-corrected chi connectivity index (χ3v) is 25.4. The molecule has 19 atom stereocenters. The molecule has 0 saturated carbocycles. The predicted molar refractivity (Wildman–Crippen MR) is 297 cm³/mol. The molecule has 0 amide bonds. The average Bonchev–Trinajstić information content (AvgIpc) is 3.97. The van der Waals surface area contributed by atoms with Crippen molar-refractivity contribution in [1.82, 2.24) is 0 Å². The Morgan fingerprint density at radius 3 is 2.26 bits per heavy atom. The van der Waals surface area contributed by atoms with Gasteiger partial charge in [-0.3, -0.25) is 0 Å². The van der Waals surface area contributed by atoms with Crippen LogP contribution in [0.5, 0.6) is 0 Å². The lowest BCUT2D eigenvalue weighted by Gasteiger charge is -2.48. The number of sulfone groups is 1. The van der Waals surface area contributed by atoms with E-state index in [-0.39, 0.29) is 70.9 Å². The first-order chi connectivity index (χ1) is 36.0. The summed E-state index contributed by atoms with van der Waals surface area (Å²) in [6.45, 7) is 27.0. The van der Waals surface area contributed by atoms with Crippen molar-refractivity contribution in [2.45, 2.75) is 251 Å². The van der Waals surface area contributed by atoms with Gasteiger partial charge < -0.3 is 47.4 Å². The van der Waals surface area contributed by atoms with Gasteiger partial charge in [-0.2, -0.15) is 0 Å². The van der Waals surface area contributed by atoms with E-state index in [0.717, 1.165) is 31.3 Å². The molecule has 8 aliphatic heterocycles. The number of hydrogen-bond donors (Lipinski definition) is 1. The molecule has 0 spiro atoms. The van der Waals surface area contributed by atoms with Crippen molar-refractivity contribution >= 4 is 40.1 Å². The fourth-order valence-electron chi connectivity index (χ4n) is 13.1. The minimum atomic E-state index is -4.15. The quantitative estimate of drug-likeness (QED) is 0.0638. The van der Waals surface area contributed by atoms with E-state index in [2.05, 4.69) is 83.7 Å². The van der Waals surface area contributed by atoms with Crippen molar-refractivity contribution < 1.29 is 60.6 Å². The summed E-state index contributed by atoms with van der Waals surface area (Å²) in [4.78, 5) is 13.4. The number of aliphatic hydroxyl groups is 1. The van der Waals surface area contributed by atoms with Gasteiger partial charge in [-0.15, -0.1) is 0 Å². The van der Waals surface area contributed by atoms with E-state index < -0.39 is 83.8 Å². The van der Waals surface area contributed by atoms with E-state index in [0.29, 0.717) is 74.4 Å². The number of unbranched alkanes of at least 4 members (excludes halogenated alkanes) is 1. The highest BCUT2D eigenvalue weighted by molar-refractivity contribution is 9.11. The Bertz CT molecular complexity index is 2420. The average molecular weight is 1160 g/mol. The summed E-state index contributed by atoms with van der Waals surface area (Å²) < 4.78 is 92.8. The molecule has 10 rings (SSSR count). The molecule has 0 radical (unpaired) electrons. The van der Waals surface area contributed by atoms with E-state index in [1.54, 1.807) is 36.4 Å². The van der Waals surface area contributed by atoms with Crippen LogP contribution in [0.2, 0.25) is 18.1 Å². The fraction of sp³-hybridized carbons (Fsp3) is 0.717. The van der Waals surface area contributed by atoms with Gasteiger partial charge in [0.05, 0.1) is 64.5 Å². The van der Waals surface area contributed by atoms with E-state index in [4.69, 9.17) is 42.3 Å². The summed E-state index contributed by atoms with van der Waals surface area (Å²) in [5.41, 5.74) is 1.48. The lowest BCUT2D eigenvalue weighted by Crippen LogP contribution is -2.62. The standard InChI is InChI=1S/C60H87BrO13SSi/c1-11-12-21-41-29-37(3)39(5)49(67-41)33-50-46(31-44(68-50)28-36(2)35-66-76(9,10)59(6,7)8)57(75(64,65)45-22-17-14-18-23-45)47(62)32-42-24-25-48-52(69-42)56-55-54(71-48)53-51(72-55)34-60(73-53,74-56)27-26-43(30-38(4)61)70-58(63)40-19-15-13-16-20-40/h13-20,22-23,36-37,41-44,46-57,62H,4-5,11-12,21,24-35H2,1-3,6-10H3/t36-,37+,41-,42+,43+,44+,46?,47?,48-,49?,50-,51?,52-,53-,54-,55+,56?,57?,60-/m0/s1. The molecule has 16 heteroatoms. The van der Waals surface area contributed by atoms with Crippen LogP contribution in [0.4, 0.5) is 0 Å². The highest BCUT2D eigenvalue weighted by Crippen LogP contribution is 2.54. The molecule has 6 bridgehead atoms. The second kappa shape index (κ2) is 24.0. The van der Waals surface area contributed by atoms with Crippen LogP contribution in [0.15, 0.2) is 88.8 Å². The first-order valence-corrected chi connectivity index (χ1v) is 33.8. The Balaban J connectivity index is 0.952. The van der Waals surface area contributed by atoms with Crippen molar-refractivity contribution in [2.24, 2.45) is 17.8 Å². The van der Waals surface area contributed by atoms with E-state index in [1.165, 1.54) is 0 Å². The molecule has 0 aliphatic carbocycles. The number of carbonyl (C=O) groups excluding carboxylic acids is 1. The largest absolute Gasteiger partial charge is 0.458 e. The molecule has 2 aromatic rings. The first kappa shape index (κ1) is 58.3. The molecule has 422 valence electrons. The molecule has 6 unspecified atom stereocenters. The van der Waals surface area contributed by atoms with Crippen molar-refractivity contribution in [3.8, 4) is 0 Å². The zero-order valence-electron chi connectivity index (χ0n) is 46.3. The maximum Gasteiger partial charge on any atom is 0.338 e. The number of ether oxygens (including phenoxy) is 8. The molecular weight excluding hydrogens is 1070 g/mol. The zero-order chi connectivity index (χ0) is 54.3. The lowest BCUT2D eigenvalue weighted by atomic mass is 9.81. The maximum atomic E-state index is 15.4. The van der Waals surface area contributed by atoms with Crippen LogP contribution in [0.1, 0.15) is 142 Å². The molecule has 8 aliphatic rings. The van der Waals surface area contributed by atoms with Gasteiger partial charge in [0.2, 0.25) is 0 Å². The number of fused-ring (bicyclic) bond motifs is 1. The number of rotatable bonds is 23. The van der Waals surface area contributed by atoms with Gasteiger partial charge in [-0.25, -0.2) is 13.2 Å². The van der Waals surface area contributed by atoms with E-state index in [1.807, 2.05) is 24.3 Å². The molecule has 1 N–H and O–H groups in total. The van der Waals surface area contributed by atoms with Crippen LogP contribution in [0.3, 0.4) is 0 Å². The summed E-state index contributed by atoms with van der Waals surface area (Å²) >= 11 is 3.49. The zero-order valence-corrected chi connectivity index (χ0v) is 49.7. The van der Waals surface area contributed by atoms with Gasteiger partial charge in [0.25, 0.3) is 0 Å².